The van der Waals surface area contributed by atoms with Gasteiger partial charge in [-0.15, -0.1) is 0 Å². The number of methoxy groups -OCH3 is 2. The first-order valence-electron chi connectivity index (χ1n) is 8.68. The molecule has 2 aromatic rings. The summed E-state index contributed by atoms with van der Waals surface area (Å²) in [5.41, 5.74) is 2.11. The highest BCUT2D eigenvalue weighted by molar-refractivity contribution is 9.10. The standard InChI is InChI=1S/C20H26BrN3O3/c1-5-27-17-9-7-6-8-14(17)12-23-20(22-2)24-13-15-10-18(25-3)19(26-4)11-16(15)21/h6-11H,5,12-13H2,1-4H3,(H2,22,23,24). The summed E-state index contributed by atoms with van der Waals surface area (Å²) in [5, 5.41) is 6.62. The van der Waals surface area contributed by atoms with Crippen molar-refractivity contribution in [1.29, 1.82) is 0 Å². The van der Waals surface area contributed by atoms with Crippen molar-refractivity contribution in [2.75, 3.05) is 27.9 Å². The maximum absolute atomic E-state index is 5.66. The predicted octanol–water partition coefficient (Wildman–Crippen LogP) is 3.73. The third kappa shape index (κ3) is 5.79. The average Bonchev–Trinajstić information content (AvgIpc) is 2.70. The van der Waals surface area contributed by atoms with Crippen LogP contribution in [0.25, 0.3) is 0 Å². The van der Waals surface area contributed by atoms with Gasteiger partial charge in [-0.2, -0.15) is 0 Å². The van der Waals surface area contributed by atoms with E-state index in [1.807, 2.05) is 43.3 Å². The number of aliphatic imine (C=N–C) groups is 1. The van der Waals surface area contributed by atoms with Crippen LogP contribution in [0, 0.1) is 0 Å². The van der Waals surface area contributed by atoms with Crippen LogP contribution >= 0.6 is 15.9 Å². The second-order valence-corrected chi connectivity index (χ2v) is 6.47. The Morgan fingerprint density at radius 2 is 1.59 bits per heavy atom. The fourth-order valence-corrected chi connectivity index (χ4v) is 3.02. The van der Waals surface area contributed by atoms with Crippen molar-refractivity contribution in [2.45, 2.75) is 20.0 Å². The molecule has 146 valence electrons. The maximum atomic E-state index is 5.66. The normalized spacial score (nSPS) is 11.1. The second kappa shape index (κ2) is 10.7. The van der Waals surface area contributed by atoms with E-state index in [1.165, 1.54) is 0 Å². The molecule has 27 heavy (non-hydrogen) atoms. The van der Waals surface area contributed by atoms with Crippen LogP contribution < -0.4 is 24.8 Å². The van der Waals surface area contributed by atoms with Gasteiger partial charge in [0.1, 0.15) is 5.75 Å². The van der Waals surface area contributed by atoms with Crippen LogP contribution in [-0.2, 0) is 13.1 Å². The summed E-state index contributed by atoms with van der Waals surface area (Å²) in [4.78, 5) is 4.28. The Hall–Kier alpha value is -2.41. The van der Waals surface area contributed by atoms with E-state index in [-0.39, 0.29) is 0 Å². The highest BCUT2D eigenvalue weighted by Crippen LogP contribution is 2.33. The number of ether oxygens (including phenoxy) is 3. The molecule has 0 spiro atoms. The first-order chi connectivity index (χ1) is 13.1. The zero-order chi connectivity index (χ0) is 19.6. The summed E-state index contributed by atoms with van der Waals surface area (Å²) in [6.45, 7) is 3.81. The highest BCUT2D eigenvalue weighted by Gasteiger charge is 2.10. The molecule has 0 fully saturated rings. The molecule has 0 bridgehead atoms. The van der Waals surface area contributed by atoms with E-state index in [0.717, 1.165) is 21.3 Å². The SMILES string of the molecule is CCOc1ccccc1CNC(=NC)NCc1cc(OC)c(OC)cc1Br. The van der Waals surface area contributed by atoms with Crippen LogP contribution in [0.4, 0.5) is 0 Å². The Kier molecular flexibility index (Phi) is 8.26. The molecule has 0 aliphatic rings. The summed E-state index contributed by atoms with van der Waals surface area (Å²) < 4.78 is 17.3. The fourth-order valence-electron chi connectivity index (χ4n) is 2.56. The second-order valence-electron chi connectivity index (χ2n) is 5.62. The number of hydrogen-bond donors (Lipinski definition) is 2. The smallest absolute Gasteiger partial charge is 0.191 e. The highest BCUT2D eigenvalue weighted by atomic mass is 79.9. The minimum atomic E-state index is 0.577. The van der Waals surface area contributed by atoms with Crippen molar-refractivity contribution >= 4 is 21.9 Å². The van der Waals surface area contributed by atoms with Gasteiger partial charge in [0.05, 0.1) is 20.8 Å². The molecule has 0 atom stereocenters. The summed E-state index contributed by atoms with van der Waals surface area (Å²) in [6.07, 6.45) is 0. The lowest BCUT2D eigenvalue weighted by Crippen LogP contribution is -2.36. The summed E-state index contributed by atoms with van der Waals surface area (Å²) in [6, 6.07) is 11.8. The monoisotopic (exact) mass is 435 g/mol. The van der Waals surface area contributed by atoms with Crippen molar-refractivity contribution in [3.05, 3.63) is 52.0 Å². The van der Waals surface area contributed by atoms with Crippen molar-refractivity contribution in [2.24, 2.45) is 4.99 Å². The van der Waals surface area contributed by atoms with Crippen LogP contribution in [0.5, 0.6) is 17.2 Å². The van der Waals surface area contributed by atoms with Gasteiger partial charge in [0.2, 0.25) is 0 Å². The average molecular weight is 436 g/mol. The van der Waals surface area contributed by atoms with Crippen LogP contribution in [0.3, 0.4) is 0 Å². The van der Waals surface area contributed by atoms with Gasteiger partial charge in [-0.1, -0.05) is 34.1 Å². The Morgan fingerprint density at radius 3 is 2.22 bits per heavy atom. The minimum absolute atomic E-state index is 0.577. The zero-order valence-electron chi connectivity index (χ0n) is 16.1. The molecule has 0 radical (unpaired) electrons. The molecule has 0 unspecified atom stereocenters. The van der Waals surface area contributed by atoms with E-state index in [0.29, 0.717) is 37.2 Å². The third-order valence-corrected chi connectivity index (χ3v) is 4.68. The van der Waals surface area contributed by atoms with Gasteiger partial charge < -0.3 is 24.8 Å². The Bertz CT molecular complexity index is 781. The molecule has 0 saturated heterocycles. The van der Waals surface area contributed by atoms with E-state index >= 15 is 0 Å². The summed E-state index contributed by atoms with van der Waals surface area (Å²) in [7, 11) is 4.99. The number of nitrogens with zero attached hydrogens (tertiary/aromatic N) is 1. The maximum Gasteiger partial charge on any atom is 0.191 e. The van der Waals surface area contributed by atoms with E-state index in [9.17, 15) is 0 Å². The van der Waals surface area contributed by atoms with E-state index in [4.69, 9.17) is 14.2 Å². The molecule has 2 N–H and O–H groups in total. The van der Waals surface area contributed by atoms with Crippen LogP contribution in [0.2, 0.25) is 0 Å². The van der Waals surface area contributed by atoms with Gasteiger partial charge in [-0.05, 0) is 30.7 Å². The van der Waals surface area contributed by atoms with Gasteiger partial charge in [-0.3, -0.25) is 4.99 Å². The van der Waals surface area contributed by atoms with Crippen LogP contribution in [-0.4, -0.2) is 33.8 Å². The fraction of sp³-hybridized carbons (Fsp3) is 0.350. The first-order valence-corrected chi connectivity index (χ1v) is 9.47. The number of para-hydroxylation sites is 1. The lowest BCUT2D eigenvalue weighted by Gasteiger charge is -2.16. The quantitative estimate of drug-likeness (QED) is 0.488. The number of rotatable bonds is 8. The van der Waals surface area contributed by atoms with Crippen molar-refractivity contribution in [3.63, 3.8) is 0 Å². The van der Waals surface area contributed by atoms with Gasteiger partial charge in [-0.25, -0.2) is 0 Å². The number of nitrogens with one attached hydrogen (secondary N) is 2. The minimum Gasteiger partial charge on any atom is -0.494 e. The largest absolute Gasteiger partial charge is 0.494 e. The molecular formula is C20H26BrN3O3. The van der Waals surface area contributed by atoms with Gasteiger partial charge in [0, 0.05) is 30.2 Å². The van der Waals surface area contributed by atoms with Crippen LogP contribution in [0.1, 0.15) is 18.1 Å². The molecule has 2 rings (SSSR count). The van der Waals surface area contributed by atoms with E-state index < -0.39 is 0 Å². The Morgan fingerprint density at radius 1 is 0.963 bits per heavy atom. The molecule has 0 aliphatic heterocycles. The van der Waals surface area contributed by atoms with Crippen molar-refractivity contribution in [1.82, 2.24) is 10.6 Å². The molecule has 0 heterocycles. The lowest BCUT2D eigenvalue weighted by molar-refractivity contribution is 0.336. The number of benzene rings is 2. The number of hydrogen-bond acceptors (Lipinski definition) is 4. The van der Waals surface area contributed by atoms with Crippen molar-refractivity contribution < 1.29 is 14.2 Å². The zero-order valence-corrected chi connectivity index (χ0v) is 17.7. The number of halogens is 1. The molecule has 7 heteroatoms. The molecular weight excluding hydrogens is 410 g/mol. The topological polar surface area (TPSA) is 64.1 Å². The molecule has 0 saturated carbocycles. The first kappa shape index (κ1) is 20.9. The predicted molar refractivity (Wildman–Crippen MR) is 112 cm³/mol. The van der Waals surface area contributed by atoms with E-state index in [2.05, 4.69) is 31.6 Å². The van der Waals surface area contributed by atoms with E-state index in [1.54, 1.807) is 21.3 Å². The van der Waals surface area contributed by atoms with Crippen molar-refractivity contribution in [3.8, 4) is 17.2 Å². The molecule has 2 aromatic carbocycles. The van der Waals surface area contributed by atoms with Gasteiger partial charge >= 0.3 is 0 Å². The Balaban J connectivity index is 2.00. The third-order valence-electron chi connectivity index (χ3n) is 3.94. The number of guanidine groups is 1. The summed E-state index contributed by atoms with van der Waals surface area (Å²) >= 11 is 3.57. The molecule has 0 aromatic heterocycles. The van der Waals surface area contributed by atoms with Gasteiger partial charge in [0.15, 0.2) is 17.5 Å². The molecule has 6 nitrogen and oxygen atoms in total. The molecule has 0 amide bonds. The lowest BCUT2D eigenvalue weighted by atomic mass is 10.2. The molecule has 0 aliphatic carbocycles. The summed E-state index contributed by atoms with van der Waals surface area (Å²) in [5.74, 6) is 2.95. The van der Waals surface area contributed by atoms with Gasteiger partial charge in [0.25, 0.3) is 0 Å². The Labute approximate surface area is 169 Å². The van der Waals surface area contributed by atoms with Crippen LogP contribution in [0.15, 0.2) is 45.9 Å².